The smallest absolute Gasteiger partial charge is 0.325 e. The molecule has 2 saturated heterocycles. The Hall–Kier alpha value is -2.69. The van der Waals surface area contributed by atoms with Crippen molar-refractivity contribution in [3.05, 3.63) is 0 Å². The lowest BCUT2D eigenvalue weighted by Crippen LogP contribution is -2.58. The average Bonchev–Trinajstić information content (AvgIpc) is 3.50. The van der Waals surface area contributed by atoms with Gasteiger partial charge >= 0.3 is 5.97 Å². The van der Waals surface area contributed by atoms with Gasteiger partial charge in [0.25, 0.3) is 0 Å². The lowest BCUT2D eigenvalue weighted by atomic mass is 9.97. The molecule has 0 spiro atoms. The molecular formula is C25H43N5O6. The normalized spacial score (nSPS) is 23.2. The van der Waals surface area contributed by atoms with Crippen LogP contribution in [-0.2, 0) is 24.0 Å². The molecule has 2 rings (SSSR count). The minimum atomic E-state index is -1.17. The Morgan fingerprint density at radius 3 is 2.08 bits per heavy atom. The summed E-state index contributed by atoms with van der Waals surface area (Å²) in [5, 5.41) is 14.3. The SMILES string of the molecule is CC[C@H](C)[C@H](NC(=O)[C@@H]1CCCN1C(=O)[C@@H]1CCCN1C(=O)[C@@H](N)CC(C)C)C(=O)N[C@@H](C)C(=O)O. The zero-order valence-electron chi connectivity index (χ0n) is 22.2. The zero-order chi connectivity index (χ0) is 27.2. The summed E-state index contributed by atoms with van der Waals surface area (Å²) in [6, 6.07) is -4.09. The van der Waals surface area contributed by atoms with Gasteiger partial charge in [0.1, 0.15) is 24.2 Å². The molecule has 5 N–H and O–H groups in total. The van der Waals surface area contributed by atoms with E-state index in [1.807, 2.05) is 20.8 Å². The van der Waals surface area contributed by atoms with Gasteiger partial charge in [0, 0.05) is 13.1 Å². The van der Waals surface area contributed by atoms with Crippen molar-refractivity contribution in [3.8, 4) is 0 Å². The number of aliphatic carboxylic acids is 1. The van der Waals surface area contributed by atoms with Crippen molar-refractivity contribution < 1.29 is 29.1 Å². The van der Waals surface area contributed by atoms with Crippen LogP contribution in [0.15, 0.2) is 0 Å². The Balaban J connectivity index is 2.13. The minimum absolute atomic E-state index is 0.235. The summed E-state index contributed by atoms with van der Waals surface area (Å²) < 4.78 is 0. The maximum atomic E-state index is 13.5. The molecule has 0 aromatic heterocycles. The molecule has 2 heterocycles. The third kappa shape index (κ3) is 7.18. The molecule has 2 aliphatic rings. The van der Waals surface area contributed by atoms with E-state index in [0.717, 1.165) is 0 Å². The van der Waals surface area contributed by atoms with Gasteiger partial charge in [-0.05, 0) is 50.9 Å². The first-order valence-electron chi connectivity index (χ1n) is 13.1. The Labute approximate surface area is 213 Å². The van der Waals surface area contributed by atoms with Crippen molar-refractivity contribution in [2.75, 3.05) is 13.1 Å². The van der Waals surface area contributed by atoms with E-state index in [0.29, 0.717) is 51.6 Å². The van der Waals surface area contributed by atoms with E-state index < -0.39 is 48.0 Å². The molecule has 4 amide bonds. The average molecular weight is 510 g/mol. The zero-order valence-corrected chi connectivity index (χ0v) is 22.2. The van der Waals surface area contributed by atoms with E-state index in [4.69, 9.17) is 10.8 Å². The molecule has 11 nitrogen and oxygen atoms in total. The summed E-state index contributed by atoms with van der Waals surface area (Å²) >= 11 is 0. The van der Waals surface area contributed by atoms with Crippen molar-refractivity contribution in [2.45, 2.75) is 103 Å². The highest BCUT2D eigenvalue weighted by Gasteiger charge is 2.43. The summed E-state index contributed by atoms with van der Waals surface area (Å²) in [6.07, 6.45) is 3.42. The van der Waals surface area contributed by atoms with Crippen LogP contribution < -0.4 is 16.4 Å². The third-order valence-electron chi connectivity index (χ3n) is 7.22. The molecule has 2 aliphatic heterocycles. The van der Waals surface area contributed by atoms with Gasteiger partial charge in [-0.15, -0.1) is 0 Å². The van der Waals surface area contributed by atoms with Crippen LogP contribution in [0.4, 0.5) is 0 Å². The fourth-order valence-corrected chi connectivity index (χ4v) is 4.92. The Morgan fingerprint density at radius 2 is 1.53 bits per heavy atom. The fraction of sp³-hybridized carbons (Fsp3) is 0.800. The lowest BCUT2D eigenvalue weighted by molar-refractivity contribution is -0.147. The van der Waals surface area contributed by atoms with Gasteiger partial charge in [0.2, 0.25) is 23.6 Å². The maximum absolute atomic E-state index is 13.5. The fourth-order valence-electron chi connectivity index (χ4n) is 4.92. The molecule has 36 heavy (non-hydrogen) atoms. The topological polar surface area (TPSA) is 162 Å². The number of carbonyl (C=O) groups is 5. The molecule has 11 heteroatoms. The van der Waals surface area contributed by atoms with Gasteiger partial charge in [-0.2, -0.15) is 0 Å². The number of carboxylic acid groups (broad SMARTS) is 1. The van der Waals surface area contributed by atoms with Crippen LogP contribution in [-0.4, -0.2) is 87.8 Å². The number of nitrogens with one attached hydrogen (secondary N) is 2. The molecule has 0 bridgehead atoms. The van der Waals surface area contributed by atoms with Gasteiger partial charge < -0.3 is 31.3 Å². The van der Waals surface area contributed by atoms with Crippen LogP contribution in [0.5, 0.6) is 0 Å². The summed E-state index contributed by atoms with van der Waals surface area (Å²) in [5.74, 6) is -2.69. The lowest BCUT2D eigenvalue weighted by Gasteiger charge is -2.33. The first-order valence-corrected chi connectivity index (χ1v) is 13.1. The third-order valence-corrected chi connectivity index (χ3v) is 7.22. The van der Waals surface area contributed by atoms with Crippen molar-refractivity contribution in [3.63, 3.8) is 0 Å². The van der Waals surface area contributed by atoms with Crippen LogP contribution in [0.3, 0.4) is 0 Å². The number of hydrogen-bond donors (Lipinski definition) is 4. The highest BCUT2D eigenvalue weighted by atomic mass is 16.4. The van der Waals surface area contributed by atoms with Crippen molar-refractivity contribution in [1.29, 1.82) is 0 Å². The number of hydrogen-bond acceptors (Lipinski definition) is 6. The van der Waals surface area contributed by atoms with Gasteiger partial charge in [-0.25, -0.2) is 0 Å². The summed E-state index contributed by atoms with van der Waals surface area (Å²) in [4.78, 5) is 66.8. The highest BCUT2D eigenvalue weighted by molar-refractivity contribution is 5.96. The van der Waals surface area contributed by atoms with E-state index >= 15 is 0 Å². The van der Waals surface area contributed by atoms with E-state index in [9.17, 15) is 24.0 Å². The Morgan fingerprint density at radius 1 is 0.944 bits per heavy atom. The van der Waals surface area contributed by atoms with Crippen LogP contribution in [0.2, 0.25) is 0 Å². The van der Waals surface area contributed by atoms with Crippen LogP contribution in [0.25, 0.3) is 0 Å². The van der Waals surface area contributed by atoms with Crippen molar-refractivity contribution in [2.24, 2.45) is 17.6 Å². The van der Waals surface area contributed by atoms with E-state index in [2.05, 4.69) is 10.6 Å². The predicted octanol–water partition coefficient (Wildman–Crippen LogP) is 0.462. The summed E-state index contributed by atoms with van der Waals surface area (Å²) in [5.41, 5.74) is 6.11. The van der Waals surface area contributed by atoms with Gasteiger partial charge in [0.15, 0.2) is 0 Å². The molecule has 0 radical (unpaired) electrons. The van der Waals surface area contributed by atoms with Gasteiger partial charge in [-0.3, -0.25) is 24.0 Å². The second-order valence-electron chi connectivity index (χ2n) is 10.6. The van der Waals surface area contributed by atoms with Crippen LogP contribution in [0, 0.1) is 11.8 Å². The van der Waals surface area contributed by atoms with Gasteiger partial charge in [-0.1, -0.05) is 34.1 Å². The molecule has 0 aliphatic carbocycles. The van der Waals surface area contributed by atoms with Gasteiger partial charge in [0.05, 0.1) is 6.04 Å². The van der Waals surface area contributed by atoms with Crippen LogP contribution in [0.1, 0.15) is 73.1 Å². The monoisotopic (exact) mass is 509 g/mol. The predicted molar refractivity (Wildman–Crippen MR) is 134 cm³/mol. The van der Waals surface area contributed by atoms with E-state index in [-0.39, 0.29) is 23.7 Å². The van der Waals surface area contributed by atoms with E-state index in [1.165, 1.54) is 11.8 Å². The maximum Gasteiger partial charge on any atom is 0.325 e. The quantitative estimate of drug-likeness (QED) is 0.314. The molecule has 204 valence electrons. The second kappa shape index (κ2) is 13.0. The molecule has 0 saturated carbocycles. The minimum Gasteiger partial charge on any atom is -0.480 e. The molecular weight excluding hydrogens is 466 g/mol. The number of carboxylic acids is 1. The Bertz CT molecular complexity index is 834. The molecule has 6 atom stereocenters. The molecule has 0 unspecified atom stereocenters. The molecule has 0 aromatic rings. The second-order valence-corrected chi connectivity index (χ2v) is 10.6. The number of nitrogens with zero attached hydrogens (tertiary/aromatic N) is 2. The van der Waals surface area contributed by atoms with E-state index in [1.54, 1.807) is 11.8 Å². The Kier molecular flexibility index (Phi) is 10.7. The summed E-state index contributed by atoms with van der Waals surface area (Å²) in [6.45, 7) is 9.86. The number of likely N-dealkylation sites (tertiary alicyclic amines) is 2. The number of nitrogens with two attached hydrogens (primary N) is 1. The summed E-state index contributed by atoms with van der Waals surface area (Å²) in [7, 11) is 0. The standard InChI is InChI=1S/C25H43N5O6/c1-6-15(4)20(22(32)27-16(5)25(35)36)28-21(31)18-9-7-11-29(18)24(34)19-10-8-12-30(19)23(33)17(26)13-14(2)3/h14-20H,6-13,26H2,1-5H3,(H,27,32)(H,28,31)(H,35,36)/t15-,16-,17-,18-,19-,20-/m0/s1. The van der Waals surface area contributed by atoms with Crippen LogP contribution >= 0.6 is 0 Å². The molecule has 2 fully saturated rings. The largest absolute Gasteiger partial charge is 0.480 e. The van der Waals surface area contributed by atoms with Crippen molar-refractivity contribution >= 4 is 29.6 Å². The number of rotatable bonds is 11. The first-order chi connectivity index (χ1) is 16.9. The highest BCUT2D eigenvalue weighted by Crippen LogP contribution is 2.26. The first kappa shape index (κ1) is 29.5. The molecule has 0 aromatic carbocycles. The number of amides is 4. The van der Waals surface area contributed by atoms with Crippen molar-refractivity contribution in [1.82, 2.24) is 20.4 Å². The number of carbonyl (C=O) groups excluding carboxylic acids is 4.